The van der Waals surface area contributed by atoms with E-state index in [-0.39, 0.29) is 11.4 Å². The Morgan fingerprint density at radius 1 is 1.42 bits per heavy atom. The summed E-state index contributed by atoms with van der Waals surface area (Å²) in [5, 5.41) is 4.07. The van der Waals surface area contributed by atoms with Crippen LogP contribution >= 0.6 is 0 Å². The molecule has 1 aliphatic rings. The van der Waals surface area contributed by atoms with Gasteiger partial charge in [-0.1, -0.05) is 12.1 Å². The van der Waals surface area contributed by atoms with Crippen LogP contribution in [0.4, 0.5) is 5.69 Å². The summed E-state index contributed by atoms with van der Waals surface area (Å²) in [5.41, 5.74) is 7.82. The molecule has 0 bridgehead atoms. The Kier molecular flexibility index (Phi) is 2.55. The summed E-state index contributed by atoms with van der Waals surface area (Å²) < 4.78 is 0. The van der Waals surface area contributed by atoms with E-state index < -0.39 is 0 Å². The number of hydrogen-bond acceptors (Lipinski definition) is 2. The van der Waals surface area contributed by atoms with Crippen molar-refractivity contribution in [3.8, 4) is 0 Å². The number of hydrogen-bond donors (Lipinski definition) is 3. The molecule has 0 aliphatic heterocycles. The molecule has 0 unspecified atom stereocenters. The monoisotopic (exact) mass is 257 g/mol. The van der Waals surface area contributed by atoms with E-state index in [1.165, 1.54) is 12.8 Å². The van der Waals surface area contributed by atoms with Crippen molar-refractivity contribution >= 4 is 22.5 Å². The molecule has 19 heavy (non-hydrogen) atoms. The van der Waals surface area contributed by atoms with E-state index in [1.54, 1.807) is 0 Å². The van der Waals surface area contributed by atoms with E-state index in [9.17, 15) is 4.79 Å². The minimum absolute atomic E-state index is 0.0625. The van der Waals surface area contributed by atoms with Crippen LogP contribution in [-0.2, 0) is 0 Å². The molecule has 1 heterocycles. The van der Waals surface area contributed by atoms with E-state index in [0.717, 1.165) is 10.9 Å². The number of nitrogens with two attached hydrogens (primary N) is 1. The average molecular weight is 257 g/mol. The smallest absolute Gasteiger partial charge is 0.268 e. The summed E-state index contributed by atoms with van der Waals surface area (Å²) in [7, 11) is 0. The SMILES string of the molecule is CC(C)(NC(=O)c1cc2cccc(N)c2[nH]1)C1CC1. The second-order valence-electron chi connectivity index (χ2n) is 5.94. The molecular weight excluding hydrogens is 238 g/mol. The topological polar surface area (TPSA) is 70.9 Å². The Hall–Kier alpha value is -1.97. The molecule has 0 radical (unpaired) electrons. The normalized spacial score (nSPS) is 15.7. The first kappa shape index (κ1) is 12.1. The van der Waals surface area contributed by atoms with E-state index >= 15 is 0 Å². The lowest BCUT2D eigenvalue weighted by Crippen LogP contribution is -2.45. The quantitative estimate of drug-likeness (QED) is 0.740. The predicted octanol–water partition coefficient (Wildman–Crippen LogP) is 2.67. The first-order chi connectivity index (χ1) is 8.97. The highest BCUT2D eigenvalue weighted by Gasteiger charge is 2.39. The van der Waals surface area contributed by atoms with Gasteiger partial charge in [0.2, 0.25) is 0 Å². The minimum atomic E-state index is -0.139. The largest absolute Gasteiger partial charge is 0.397 e. The van der Waals surface area contributed by atoms with Gasteiger partial charge in [0.05, 0.1) is 11.2 Å². The molecular formula is C15H19N3O. The van der Waals surface area contributed by atoms with Crippen molar-refractivity contribution in [3.63, 3.8) is 0 Å². The molecule has 1 fully saturated rings. The number of para-hydroxylation sites is 1. The maximum absolute atomic E-state index is 12.3. The van der Waals surface area contributed by atoms with E-state index in [2.05, 4.69) is 24.1 Å². The Morgan fingerprint density at radius 2 is 2.16 bits per heavy atom. The van der Waals surface area contributed by atoms with Crippen molar-refractivity contribution in [3.05, 3.63) is 30.0 Å². The number of amides is 1. The van der Waals surface area contributed by atoms with Crippen molar-refractivity contribution in [2.45, 2.75) is 32.2 Å². The van der Waals surface area contributed by atoms with Crippen LogP contribution in [0.15, 0.2) is 24.3 Å². The Bertz CT molecular complexity index is 638. The third kappa shape index (κ3) is 2.18. The molecule has 2 aromatic rings. The van der Waals surface area contributed by atoms with Gasteiger partial charge < -0.3 is 16.0 Å². The molecule has 1 aromatic carbocycles. The van der Waals surface area contributed by atoms with Crippen LogP contribution in [0.3, 0.4) is 0 Å². The fourth-order valence-electron chi connectivity index (χ4n) is 2.57. The number of aromatic nitrogens is 1. The van der Waals surface area contributed by atoms with Crippen LogP contribution in [0.1, 0.15) is 37.2 Å². The third-order valence-electron chi connectivity index (χ3n) is 3.97. The molecule has 1 aromatic heterocycles. The van der Waals surface area contributed by atoms with Crippen LogP contribution < -0.4 is 11.1 Å². The van der Waals surface area contributed by atoms with Gasteiger partial charge in [-0.3, -0.25) is 4.79 Å². The molecule has 0 atom stereocenters. The first-order valence-electron chi connectivity index (χ1n) is 6.67. The number of carbonyl (C=O) groups excluding carboxylic acids is 1. The number of fused-ring (bicyclic) bond motifs is 1. The number of rotatable bonds is 3. The lowest BCUT2D eigenvalue weighted by Gasteiger charge is -2.25. The summed E-state index contributed by atoms with van der Waals surface area (Å²) in [4.78, 5) is 15.4. The molecule has 4 heteroatoms. The van der Waals surface area contributed by atoms with Gasteiger partial charge >= 0.3 is 0 Å². The van der Waals surface area contributed by atoms with Crippen LogP contribution in [0.5, 0.6) is 0 Å². The summed E-state index contributed by atoms with van der Waals surface area (Å²) >= 11 is 0. The second kappa shape index (κ2) is 4.02. The van der Waals surface area contributed by atoms with Gasteiger partial charge in [-0.2, -0.15) is 0 Å². The maximum Gasteiger partial charge on any atom is 0.268 e. The highest BCUT2D eigenvalue weighted by Crippen LogP contribution is 2.39. The van der Waals surface area contributed by atoms with Crippen molar-refractivity contribution in [1.82, 2.24) is 10.3 Å². The van der Waals surface area contributed by atoms with Crippen LogP contribution in [0.2, 0.25) is 0 Å². The van der Waals surface area contributed by atoms with Gasteiger partial charge in [0.15, 0.2) is 0 Å². The summed E-state index contributed by atoms with van der Waals surface area (Å²) in [5.74, 6) is 0.540. The van der Waals surface area contributed by atoms with Gasteiger partial charge in [-0.05, 0) is 44.7 Å². The molecule has 3 rings (SSSR count). The first-order valence-corrected chi connectivity index (χ1v) is 6.67. The number of aromatic amines is 1. The zero-order valence-corrected chi connectivity index (χ0v) is 11.3. The zero-order chi connectivity index (χ0) is 13.6. The van der Waals surface area contributed by atoms with Gasteiger partial charge in [-0.25, -0.2) is 0 Å². The number of nitrogen functional groups attached to an aromatic ring is 1. The predicted molar refractivity (Wildman–Crippen MR) is 77.0 cm³/mol. The lowest BCUT2D eigenvalue weighted by atomic mass is 9.98. The van der Waals surface area contributed by atoms with Gasteiger partial charge in [0, 0.05) is 10.9 Å². The van der Waals surface area contributed by atoms with E-state index in [1.807, 2.05) is 24.3 Å². The third-order valence-corrected chi connectivity index (χ3v) is 3.97. The van der Waals surface area contributed by atoms with Crippen molar-refractivity contribution in [1.29, 1.82) is 0 Å². The number of anilines is 1. The number of benzene rings is 1. The standard InChI is InChI=1S/C15H19N3O/c1-15(2,10-6-7-10)18-14(19)12-8-9-4-3-5-11(16)13(9)17-12/h3-5,8,10,17H,6-7,16H2,1-2H3,(H,18,19). The Balaban J connectivity index is 1.87. The molecule has 0 saturated heterocycles. The second-order valence-corrected chi connectivity index (χ2v) is 5.94. The molecule has 1 saturated carbocycles. The summed E-state index contributed by atoms with van der Waals surface area (Å²) in [6.07, 6.45) is 2.40. The van der Waals surface area contributed by atoms with E-state index in [0.29, 0.717) is 17.3 Å². The lowest BCUT2D eigenvalue weighted by molar-refractivity contribution is 0.0899. The summed E-state index contributed by atoms with van der Waals surface area (Å²) in [6.45, 7) is 4.17. The molecule has 100 valence electrons. The highest BCUT2D eigenvalue weighted by atomic mass is 16.2. The van der Waals surface area contributed by atoms with Crippen LogP contribution in [-0.4, -0.2) is 16.4 Å². The molecule has 4 nitrogen and oxygen atoms in total. The molecule has 1 aliphatic carbocycles. The van der Waals surface area contributed by atoms with Crippen molar-refractivity contribution in [2.24, 2.45) is 5.92 Å². The Morgan fingerprint density at radius 3 is 2.79 bits per heavy atom. The molecule has 0 spiro atoms. The fourth-order valence-corrected chi connectivity index (χ4v) is 2.57. The van der Waals surface area contributed by atoms with Gasteiger partial charge in [0.25, 0.3) is 5.91 Å². The average Bonchev–Trinajstić information content (AvgIpc) is 3.10. The van der Waals surface area contributed by atoms with Crippen molar-refractivity contribution < 1.29 is 4.79 Å². The summed E-state index contributed by atoms with van der Waals surface area (Å²) in [6, 6.07) is 7.52. The number of carbonyl (C=O) groups is 1. The van der Waals surface area contributed by atoms with Crippen LogP contribution in [0, 0.1) is 5.92 Å². The number of H-pyrrole nitrogens is 1. The van der Waals surface area contributed by atoms with Crippen LogP contribution in [0.25, 0.3) is 10.9 Å². The van der Waals surface area contributed by atoms with E-state index in [4.69, 9.17) is 5.73 Å². The van der Waals surface area contributed by atoms with Gasteiger partial charge in [0.1, 0.15) is 5.69 Å². The molecule has 4 N–H and O–H groups in total. The zero-order valence-electron chi connectivity index (χ0n) is 11.3. The minimum Gasteiger partial charge on any atom is -0.397 e. The highest BCUT2D eigenvalue weighted by molar-refractivity contribution is 6.01. The van der Waals surface area contributed by atoms with Gasteiger partial charge in [-0.15, -0.1) is 0 Å². The van der Waals surface area contributed by atoms with Crippen molar-refractivity contribution in [2.75, 3.05) is 5.73 Å². The Labute approximate surface area is 112 Å². The number of nitrogens with one attached hydrogen (secondary N) is 2. The molecule has 1 amide bonds. The maximum atomic E-state index is 12.3. The fraction of sp³-hybridized carbons (Fsp3) is 0.400.